The number of ether oxygens (including phenoxy) is 3. The molecule has 3 amide bonds. The number of fused-ring (bicyclic) bond motifs is 5. The number of methoxy groups -OCH3 is 2. The van der Waals surface area contributed by atoms with Crippen LogP contribution >= 0.6 is 0 Å². The zero-order valence-electron chi connectivity index (χ0n) is 64.6. The van der Waals surface area contributed by atoms with Crippen molar-refractivity contribution in [1.29, 1.82) is 0 Å². The van der Waals surface area contributed by atoms with Crippen LogP contribution in [0.15, 0.2) is 176 Å². The number of aromatic hydroxyl groups is 1. The lowest BCUT2D eigenvalue weighted by Gasteiger charge is -2.30. The van der Waals surface area contributed by atoms with Crippen molar-refractivity contribution in [2.45, 2.75) is 133 Å². The number of nitrogens with one attached hydrogen (secondary N) is 3. The fourth-order valence-electron chi connectivity index (χ4n) is 17.4. The van der Waals surface area contributed by atoms with E-state index in [9.17, 15) is 77.8 Å². The van der Waals surface area contributed by atoms with Crippen LogP contribution in [0.1, 0.15) is 156 Å². The predicted molar refractivity (Wildman–Crippen MR) is 415 cm³/mol. The van der Waals surface area contributed by atoms with E-state index in [1.165, 1.54) is 119 Å². The molecular formula is C90H81F10N9O10. The van der Waals surface area contributed by atoms with Crippen molar-refractivity contribution < 1.29 is 92.0 Å². The third kappa shape index (κ3) is 18.4. The van der Waals surface area contributed by atoms with Crippen molar-refractivity contribution in [3.8, 4) is 22.8 Å². The molecule has 2 bridgehead atoms. The van der Waals surface area contributed by atoms with Crippen molar-refractivity contribution in [2.24, 2.45) is 17.8 Å². The molecule has 616 valence electrons. The summed E-state index contributed by atoms with van der Waals surface area (Å²) in [6.45, 7) is 2.05. The van der Waals surface area contributed by atoms with Crippen LogP contribution < -0.4 is 16.0 Å². The number of amides is 3. The van der Waals surface area contributed by atoms with E-state index in [2.05, 4.69) is 31.2 Å². The number of phenols is 1. The molecule has 5 unspecified atom stereocenters. The molecule has 8 aromatic carbocycles. The molecule has 0 saturated heterocycles. The Hall–Kier alpha value is -12.7. The topological polar surface area (TPSA) is 240 Å². The van der Waals surface area contributed by atoms with Gasteiger partial charge in [0.05, 0.1) is 43.8 Å². The van der Waals surface area contributed by atoms with Gasteiger partial charge in [-0.2, -0.15) is 15.3 Å². The van der Waals surface area contributed by atoms with Gasteiger partial charge in [-0.3, -0.25) is 19.2 Å². The maximum Gasteiger partial charge on any atom is 0.328 e. The fourth-order valence-corrected chi connectivity index (χ4v) is 17.4. The first-order valence-electron chi connectivity index (χ1n) is 39.0. The predicted octanol–water partition coefficient (Wildman–Crippen LogP) is 15.3. The summed E-state index contributed by atoms with van der Waals surface area (Å²) in [5.41, 5.74) is 7.32. The maximum absolute atomic E-state index is 15.0. The molecule has 119 heavy (non-hydrogen) atoms. The molecule has 2 fully saturated rings. The summed E-state index contributed by atoms with van der Waals surface area (Å²) < 4.78 is 160. The number of aromatic nitrogens is 6. The monoisotopic (exact) mass is 1640 g/mol. The van der Waals surface area contributed by atoms with E-state index in [0.717, 1.165) is 72.4 Å². The number of nitrogens with zero attached hydrogens (tertiary/aromatic N) is 6. The fraction of sp³-hybridized carbons (Fsp3) is 0.300. The van der Waals surface area contributed by atoms with Crippen molar-refractivity contribution in [1.82, 2.24) is 45.3 Å². The Kier molecular flexibility index (Phi) is 25.1. The average Bonchev–Trinajstić information content (AvgIpc) is 1.60. The summed E-state index contributed by atoms with van der Waals surface area (Å²) in [5.74, 6) is -10.2. The van der Waals surface area contributed by atoms with Crippen LogP contribution in [0.4, 0.5) is 43.9 Å². The largest absolute Gasteiger partial charge is 0.508 e. The highest BCUT2D eigenvalue weighted by Crippen LogP contribution is 2.50. The van der Waals surface area contributed by atoms with Crippen LogP contribution in [0.5, 0.6) is 5.75 Å². The second-order valence-electron chi connectivity index (χ2n) is 30.3. The number of carbonyl (C=O) groups excluding carboxylic acids is 6. The maximum atomic E-state index is 15.0. The lowest BCUT2D eigenvalue weighted by molar-refractivity contribution is -0.150. The van der Waals surface area contributed by atoms with Crippen LogP contribution in [-0.4, -0.2) is 109 Å². The Morgan fingerprint density at radius 3 is 1.14 bits per heavy atom. The summed E-state index contributed by atoms with van der Waals surface area (Å²) in [6, 6.07) is 37.2. The number of rotatable bonds is 23. The van der Waals surface area contributed by atoms with Crippen LogP contribution in [0, 0.1) is 75.9 Å². The molecule has 4 N–H and O–H groups in total. The van der Waals surface area contributed by atoms with Crippen molar-refractivity contribution in [2.75, 3.05) is 20.8 Å². The molecule has 2 saturated carbocycles. The highest BCUT2D eigenvalue weighted by molar-refractivity contribution is 5.98. The third-order valence-corrected chi connectivity index (χ3v) is 22.7. The van der Waals surface area contributed by atoms with E-state index < -0.39 is 88.4 Å². The number of phenolic OH excluding ortho intramolecular Hbond substituents is 1. The molecule has 0 spiro atoms. The molecule has 9 atom stereocenters. The number of halogens is 10. The highest BCUT2D eigenvalue weighted by Gasteiger charge is 2.53. The quantitative estimate of drug-likeness (QED) is 0.0265. The van der Waals surface area contributed by atoms with Gasteiger partial charge >= 0.3 is 17.9 Å². The first kappa shape index (κ1) is 82.8. The van der Waals surface area contributed by atoms with E-state index in [1.54, 1.807) is 49.4 Å². The molecule has 3 heterocycles. The van der Waals surface area contributed by atoms with Gasteiger partial charge in [0.15, 0.2) is 34.5 Å². The third-order valence-electron chi connectivity index (χ3n) is 22.7. The van der Waals surface area contributed by atoms with Crippen molar-refractivity contribution >= 4 is 35.6 Å². The van der Waals surface area contributed by atoms with Gasteiger partial charge in [-0.25, -0.2) is 67.5 Å². The van der Waals surface area contributed by atoms with Gasteiger partial charge < -0.3 is 35.3 Å². The number of esters is 3. The van der Waals surface area contributed by atoms with Gasteiger partial charge in [-0.1, -0.05) is 60.7 Å². The van der Waals surface area contributed by atoms with E-state index in [4.69, 9.17) is 14.2 Å². The van der Waals surface area contributed by atoms with Crippen LogP contribution in [-0.2, 0) is 80.0 Å². The molecule has 5 aliphatic carbocycles. The molecular weight excluding hydrogens is 1560 g/mol. The van der Waals surface area contributed by atoms with Crippen molar-refractivity contribution in [3.05, 3.63) is 313 Å². The second kappa shape index (κ2) is 36.0. The first-order chi connectivity index (χ1) is 57.3. The molecule has 5 aliphatic rings. The van der Waals surface area contributed by atoms with Gasteiger partial charge in [-0.05, 0) is 221 Å². The number of carbonyl (C=O) groups is 6. The van der Waals surface area contributed by atoms with E-state index in [1.807, 2.05) is 6.07 Å². The van der Waals surface area contributed by atoms with Gasteiger partial charge in [0.2, 0.25) is 0 Å². The molecule has 0 aliphatic heterocycles. The SMILES string of the molecule is CCOC(=O)[C@@H]1C2CCC(C2)[C@@H]1NC(=O)c1nn(-c2ccc(F)cc2F)c2c1CCC2Cc1cccc(F)c1.COC(=O)[C@@H](Cc1ccc(F)cc1)NC(=O)c1nn(-c2ccc(F)cc2F)c2c1CCC2Cc1cccc(F)c1.COC(=O)[C@@H](Cc1ccc(O)cc1)NC(=O)c1nn(-c2ccc(F)cc2F)c2c1CCC2Cc1cccc(F)c1. The minimum Gasteiger partial charge on any atom is -0.508 e. The smallest absolute Gasteiger partial charge is 0.328 e. The zero-order chi connectivity index (χ0) is 84.0. The molecule has 3 aromatic heterocycles. The highest BCUT2D eigenvalue weighted by atomic mass is 19.2. The van der Waals surface area contributed by atoms with Crippen molar-refractivity contribution in [3.63, 3.8) is 0 Å². The van der Waals surface area contributed by atoms with Crippen LogP contribution in [0.2, 0.25) is 0 Å². The molecule has 29 heteroatoms. The van der Waals surface area contributed by atoms with Gasteiger partial charge in [0, 0.05) is 71.5 Å². The number of hydrogen-bond donors (Lipinski definition) is 4. The summed E-state index contributed by atoms with van der Waals surface area (Å²) in [4.78, 5) is 78.6. The Bertz CT molecular complexity index is 5430. The van der Waals surface area contributed by atoms with Crippen LogP contribution in [0.3, 0.4) is 0 Å². The lowest BCUT2D eigenvalue weighted by atomic mass is 9.84. The summed E-state index contributed by atoms with van der Waals surface area (Å²) in [6.07, 6.45) is 7.48. The molecule has 0 radical (unpaired) electrons. The van der Waals surface area contributed by atoms with Gasteiger partial charge in [-0.15, -0.1) is 0 Å². The average molecular weight is 1640 g/mol. The Morgan fingerprint density at radius 1 is 0.429 bits per heavy atom. The molecule has 11 aromatic rings. The number of benzene rings is 8. The van der Waals surface area contributed by atoms with E-state index >= 15 is 0 Å². The molecule has 19 nitrogen and oxygen atoms in total. The minimum absolute atomic E-state index is 0.00604. The summed E-state index contributed by atoms with van der Waals surface area (Å²) in [5, 5.41) is 31.4. The molecule has 16 rings (SSSR count). The Labute approximate surface area is 676 Å². The minimum atomic E-state index is -1.10. The Morgan fingerprint density at radius 2 is 0.782 bits per heavy atom. The lowest BCUT2D eigenvalue weighted by Crippen LogP contribution is -2.47. The van der Waals surface area contributed by atoms with Gasteiger partial charge in [0.25, 0.3) is 17.7 Å². The number of hydrogen-bond acceptors (Lipinski definition) is 13. The standard InChI is InChI=1S/C30H25F4N3O3.C30H26F3N3O4.C30H30F3N3O3/c1-40-30(39)25(15-17-5-8-20(31)9-6-17)35-29(38)27-23-11-7-19(13-18-3-2-4-21(32)14-18)28(23)37(36-27)26-12-10-22(33)16-24(26)34;1-40-30(39)25(15-17-5-9-22(37)10-6-17)34-29(38)27-23-11-7-19(13-18-3-2-4-20(31)14-18)28(23)36(35-27)26-12-8-21(32)16-24(26)33;1-2-39-30(38)25-17-6-7-18(14-17)26(25)34-29(37)27-22-10-8-19(12-16-4-3-5-20(31)13-16)28(22)36(35-27)24-11-9-21(32)15-23(24)33/h2-6,8-10,12,14,16,19,25H,7,11,13,15H2,1H3,(H,35,38);2-6,8-10,12,14,16,19,25,37H,7,11,13,15H2,1H3,(H,34,38);3-5,9,11,13,15,17-19,25-26H,2,6-8,10,12,14H2,1H3,(H,34,37)/t2*19?,25-;17?,18?,19?,25-,26+/m111/s1. The van der Waals surface area contributed by atoms with E-state index in [-0.39, 0.29) is 118 Å². The van der Waals surface area contributed by atoms with E-state index in [0.29, 0.717) is 103 Å². The van der Waals surface area contributed by atoms with Gasteiger partial charge in [0.1, 0.15) is 75.6 Å². The first-order valence-corrected chi connectivity index (χ1v) is 39.0. The van der Waals surface area contributed by atoms with Crippen LogP contribution in [0.25, 0.3) is 17.1 Å². The normalized spacial score (nSPS) is 18.3. The Balaban J connectivity index is 0.000000146. The second-order valence-corrected chi connectivity index (χ2v) is 30.3. The summed E-state index contributed by atoms with van der Waals surface area (Å²) in [7, 11) is 2.39. The zero-order valence-corrected chi connectivity index (χ0v) is 64.6. The summed E-state index contributed by atoms with van der Waals surface area (Å²) >= 11 is 0.